The molecule has 1 amide bonds. The zero-order valence-electron chi connectivity index (χ0n) is 8.32. The average molecular weight is 200 g/mol. The third-order valence-electron chi connectivity index (χ3n) is 2.42. The van der Waals surface area contributed by atoms with Gasteiger partial charge in [-0.3, -0.25) is 14.5 Å². The standard InChI is InChI=1S/C9H16N2O3/c1-7(12)10-5-8-3-2-4-11(8)6-9(13)14/h8H,2-6H2,1H3,(H,10,12)(H,13,14)/t8-/m1/s1. The lowest BCUT2D eigenvalue weighted by atomic mass is 10.2. The molecule has 1 saturated heterocycles. The molecule has 0 saturated carbocycles. The summed E-state index contributed by atoms with van der Waals surface area (Å²) in [6, 6.07) is 0.190. The summed E-state index contributed by atoms with van der Waals surface area (Å²) >= 11 is 0. The van der Waals surface area contributed by atoms with Gasteiger partial charge in [0, 0.05) is 19.5 Å². The molecular weight excluding hydrogens is 184 g/mol. The van der Waals surface area contributed by atoms with Crippen molar-refractivity contribution < 1.29 is 14.7 Å². The fourth-order valence-corrected chi connectivity index (χ4v) is 1.77. The van der Waals surface area contributed by atoms with Crippen molar-refractivity contribution in [2.45, 2.75) is 25.8 Å². The first-order valence-electron chi connectivity index (χ1n) is 4.80. The maximum absolute atomic E-state index is 10.7. The molecule has 0 aromatic carbocycles. The average Bonchev–Trinajstić information content (AvgIpc) is 2.47. The van der Waals surface area contributed by atoms with Crippen molar-refractivity contribution in [1.82, 2.24) is 10.2 Å². The molecule has 5 heteroatoms. The molecular formula is C9H16N2O3. The van der Waals surface area contributed by atoms with Crippen LogP contribution in [0.2, 0.25) is 0 Å². The van der Waals surface area contributed by atoms with E-state index in [0.29, 0.717) is 6.54 Å². The van der Waals surface area contributed by atoms with Gasteiger partial charge in [0.05, 0.1) is 6.54 Å². The first-order chi connectivity index (χ1) is 6.59. The Morgan fingerprint density at radius 1 is 1.57 bits per heavy atom. The molecule has 0 aromatic heterocycles. The number of nitrogens with zero attached hydrogens (tertiary/aromatic N) is 1. The predicted molar refractivity (Wildman–Crippen MR) is 50.9 cm³/mol. The van der Waals surface area contributed by atoms with Crippen molar-refractivity contribution >= 4 is 11.9 Å². The van der Waals surface area contributed by atoms with Gasteiger partial charge in [0.1, 0.15) is 0 Å². The smallest absolute Gasteiger partial charge is 0.317 e. The lowest BCUT2D eigenvalue weighted by molar-refractivity contribution is -0.138. The van der Waals surface area contributed by atoms with Gasteiger partial charge >= 0.3 is 5.97 Å². The molecule has 1 aliphatic rings. The van der Waals surface area contributed by atoms with Crippen LogP contribution in [0.5, 0.6) is 0 Å². The summed E-state index contributed by atoms with van der Waals surface area (Å²) in [5, 5.41) is 11.4. The van der Waals surface area contributed by atoms with Crippen molar-refractivity contribution in [3.63, 3.8) is 0 Å². The Kier molecular flexibility index (Phi) is 3.88. The second-order valence-corrected chi connectivity index (χ2v) is 3.60. The molecule has 80 valence electrons. The van der Waals surface area contributed by atoms with Crippen LogP contribution in [-0.2, 0) is 9.59 Å². The Balaban J connectivity index is 2.35. The van der Waals surface area contributed by atoms with Crippen molar-refractivity contribution in [2.75, 3.05) is 19.6 Å². The summed E-state index contributed by atoms with van der Waals surface area (Å²) in [7, 11) is 0. The van der Waals surface area contributed by atoms with E-state index in [-0.39, 0.29) is 18.5 Å². The number of carboxylic acid groups (broad SMARTS) is 1. The van der Waals surface area contributed by atoms with E-state index >= 15 is 0 Å². The van der Waals surface area contributed by atoms with Crippen LogP contribution in [-0.4, -0.2) is 47.6 Å². The number of hydrogen-bond donors (Lipinski definition) is 2. The van der Waals surface area contributed by atoms with Gasteiger partial charge in [0.2, 0.25) is 5.91 Å². The number of carbonyl (C=O) groups is 2. The number of rotatable bonds is 4. The molecule has 1 aliphatic heterocycles. The lowest BCUT2D eigenvalue weighted by Gasteiger charge is -2.22. The molecule has 1 rings (SSSR count). The van der Waals surface area contributed by atoms with E-state index in [0.717, 1.165) is 19.4 Å². The first kappa shape index (κ1) is 11.0. The molecule has 0 aliphatic carbocycles. The maximum Gasteiger partial charge on any atom is 0.317 e. The molecule has 2 N–H and O–H groups in total. The van der Waals surface area contributed by atoms with Gasteiger partial charge in [0.15, 0.2) is 0 Å². The largest absolute Gasteiger partial charge is 0.480 e. The Bertz CT molecular complexity index is 230. The minimum Gasteiger partial charge on any atom is -0.480 e. The molecule has 5 nitrogen and oxygen atoms in total. The number of nitrogens with one attached hydrogen (secondary N) is 1. The summed E-state index contributed by atoms with van der Waals surface area (Å²) in [6.45, 7) is 2.92. The second kappa shape index (κ2) is 4.95. The minimum absolute atomic E-state index is 0.0628. The van der Waals surface area contributed by atoms with E-state index < -0.39 is 5.97 Å². The number of carbonyl (C=O) groups excluding carboxylic acids is 1. The van der Waals surface area contributed by atoms with Gasteiger partial charge in [-0.2, -0.15) is 0 Å². The zero-order chi connectivity index (χ0) is 10.6. The van der Waals surface area contributed by atoms with Gasteiger partial charge in [-0.25, -0.2) is 0 Å². The SMILES string of the molecule is CC(=O)NC[C@H]1CCCN1CC(=O)O. The Hall–Kier alpha value is -1.10. The summed E-state index contributed by atoms with van der Waals surface area (Å²) < 4.78 is 0. The normalized spacial score (nSPS) is 22.2. The fourth-order valence-electron chi connectivity index (χ4n) is 1.77. The van der Waals surface area contributed by atoms with Crippen LogP contribution in [0, 0.1) is 0 Å². The van der Waals surface area contributed by atoms with Crippen LogP contribution >= 0.6 is 0 Å². The van der Waals surface area contributed by atoms with Crippen LogP contribution in [0.25, 0.3) is 0 Å². The van der Waals surface area contributed by atoms with Crippen molar-refractivity contribution in [1.29, 1.82) is 0 Å². The Morgan fingerprint density at radius 2 is 2.29 bits per heavy atom. The number of aliphatic carboxylic acids is 1. The van der Waals surface area contributed by atoms with Gasteiger partial charge in [-0.15, -0.1) is 0 Å². The quantitative estimate of drug-likeness (QED) is 0.652. The number of amides is 1. The molecule has 0 aromatic rings. The Morgan fingerprint density at radius 3 is 2.86 bits per heavy atom. The van der Waals surface area contributed by atoms with Crippen LogP contribution in [0.3, 0.4) is 0 Å². The summed E-state index contributed by atoms with van der Waals surface area (Å²) in [5.74, 6) is -0.869. The fraction of sp³-hybridized carbons (Fsp3) is 0.778. The number of hydrogen-bond acceptors (Lipinski definition) is 3. The minimum atomic E-state index is -0.806. The van der Waals surface area contributed by atoms with Gasteiger partial charge in [-0.05, 0) is 19.4 Å². The maximum atomic E-state index is 10.7. The zero-order valence-corrected chi connectivity index (χ0v) is 8.32. The van der Waals surface area contributed by atoms with Crippen LogP contribution < -0.4 is 5.32 Å². The van der Waals surface area contributed by atoms with E-state index in [9.17, 15) is 9.59 Å². The summed E-state index contributed by atoms with van der Waals surface area (Å²) in [4.78, 5) is 23.1. The summed E-state index contributed by atoms with van der Waals surface area (Å²) in [6.07, 6.45) is 1.98. The van der Waals surface area contributed by atoms with Crippen LogP contribution in [0.1, 0.15) is 19.8 Å². The molecule has 14 heavy (non-hydrogen) atoms. The topological polar surface area (TPSA) is 69.6 Å². The van der Waals surface area contributed by atoms with E-state index in [4.69, 9.17) is 5.11 Å². The monoisotopic (exact) mass is 200 g/mol. The molecule has 0 radical (unpaired) electrons. The van der Waals surface area contributed by atoms with E-state index in [1.54, 1.807) is 0 Å². The highest BCUT2D eigenvalue weighted by Crippen LogP contribution is 2.15. The highest BCUT2D eigenvalue weighted by Gasteiger charge is 2.25. The summed E-state index contributed by atoms with van der Waals surface area (Å²) in [5.41, 5.74) is 0. The number of likely N-dealkylation sites (tertiary alicyclic amines) is 1. The predicted octanol–water partition coefficient (Wildman–Crippen LogP) is -0.328. The lowest BCUT2D eigenvalue weighted by Crippen LogP contribution is -2.41. The second-order valence-electron chi connectivity index (χ2n) is 3.60. The van der Waals surface area contributed by atoms with Gasteiger partial charge in [0.25, 0.3) is 0 Å². The highest BCUT2D eigenvalue weighted by atomic mass is 16.4. The van der Waals surface area contributed by atoms with Gasteiger partial charge in [-0.1, -0.05) is 0 Å². The van der Waals surface area contributed by atoms with Crippen molar-refractivity contribution in [3.05, 3.63) is 0 Å². The van der Waals surface area contributed by atoms with E-state index in [2.05, 4.69) is 5.32 Å². The van der Waals surface area contributed by atoms with E-state index in [1.807, 2.05) is 4.90 Å². The molecule has 0 spiro atoms. The van der Waals surface area contributed by atoms with E-state index in [1.165, 1.54) is 6.92 Å². The van der Waals surface area contributed by atoms with Crippen molar-refractivity contribution in [3.8, 4) is 0 Å². The number of carboxylic acids is 1. The molecule has 1 fully saturated rings. The van der Waals surface area contributed by atoms with Gasteiger partial charge < -0.3 is 10.4 Å². The third-order valence-corrected chi connectivity index (χ3v) is 2.42. The molecule has 0 bridgehead atoms. The molecule has 1 atom stereocenters. The highest BCUT2D eigenvalue weighted by molar-refractivity contribution is 5.72. The Labute approximate surface area is 83.1 Å². The first-order valence-corrected chi connectivity index (χ1v) is 4.80. The molecule has 1 heterocycles. The third kappa shape index (κ3) is 3.33. The van der Waals surface area contributed by atoms with Crippen molar-refractivity contribution in [2.24, 2.45) is 0 Å². The molecule has 0 unspecified atom stereocenters. The van der Waals surface area contributed by atoms with Crippen LogP contribution in [0.15, 0.2) is 0 Å². The van der Waals surface area contributed by atoms with Crippen LogP contribution in [0.4, 0.5) is 0 Å².